The van der Waals surface area contributed by atoms with Gasteiger partial charge < -0.3 is 36.6 Å². The van der Waals surface area contributed by atoms with E-state index in [1.165, 1.54) is 0 Å². The number of nitrogens with one attached hydrogen (secondary N) is 4. The molecule has 0 aromatic heterocycles. The van der Waals surface area contributed by atoms with Crippen LogP contribution in [-0.4, -0.2) is 89.0 Å². The van der Waals surface area contributed by atoms with E-state index >= 15 is 0 Å². The third kappa shape index (κ3) is 11.8. The average Bonchev–Trinajstić information content (AvgIpc) is 3.61. The Morgan fingerprint density at radius 1 is 0.833 bits per heavy atom. The van der Waals surface area contributed by atoms with Crippen molar-refractivity contribution in [3.8, 4) is 0 Å². The maximum absolute atomic E-state index is 14.7. The van der Waals surface area contributed by atoms with Crippen LogP contribution < -0.4 is 27.0 Å². The molecule has 2 aliphatic rings. The fourth-order valence-corrected chi connectivity index (χ4v) is 7.47. The number of amides is 6. The lowest BCUT2D eigenvalue weighted by Crippen LogP contribution is -2.58. The molecule has 1 aliphatic heterocycles. The standard InChI is InChI=1S/C41H51F5N6O8/c1-20(2)16-24(35(54)39(58)48-18-26(53)50-33(36(47)55)21-12-8-6-9-13-21)49-37(56)25-17-23(60-41(3,4)5)19-52(25)40(59)34(22-14-10-7-11-15-22)51-38(57)27-28(42)30(44)32(46)31(45)29(27)43/h6,8-9,12-13,20,22-25,33-34H,7,10-11,14-19H2,1-5H3,(H2,47,55)(H,48,58)(H,49,56)(H,50,53)(H,51,57)/t23-,24?,25+,33+,34+/m1/s1. The summed E-state index contributed by atoms with van der Waals surface area (Å²) in [4.78, 5) is 94.5. The van der Waals surface area contributed by atoms with Gasteiger partial charge in [0.2, 0.25) is 35.2 Å². The number of carbonyl (C=O) groups excluding carboxylic acids is 7. The largest absolute Gasteiger partial charge is 0.371 e. The first kappa shape index (κ1) is 47.2. The Labute approximate surface area is 343 Å². The smallest absolute Gasteiger partial charge is 0.290 e. The van der Waals surface area contributed by atoms with Crippen molar-refractivity contribution in [1.82, 2.24) is 26.2 Å². The molecule has 0 spiro atoms. The van der Waals surface area contributed by atoms with Gasteiger partial charge in [0.1, 0.15) is 23.7 Å². The van der Waals surface area contributed by atoms with E-state index in [2.05, 4.69) is 21.3 Å². The molecular formula is C41H51F5N6O8. The number of hydrogen-bond donors (Lipinski definition) is 5. The molecule has 1 saturated heterocycles. The predicted molar refractivity (Wildman–Crippen MR) is 205 cm³/mol. The molecule has 0 radical (unpaired) electrons. The van der Waals surface area contributed by atoms with Gasteiger partial charge in [-0.05, 0) is 57.4 Å². The molecule has 14 nitrogen and oxygen atoms in total. The number of halogens is 5. The van der Waals surface area contributed by atoms with Gasteiger partial charge in [-0.1, -0.05) is 63.4 Å². The van der Waals surface area contributed by atoms with E-state index in [-0.39, 0.29) is 25.3 Å². The summed E-state index contributed by atoms with van der Waals surface area (Å²) < 4.78 is 77.7. The number of hydrogen-bond acceptors (Lipinski definition) is 8. The number of carbonyl (C=O) groups is 7. The van der Waals surface area contributed by atoms with Crippen LogP contribution in [-0.2, 0) is 33.5 Å². The highest BCUT2D eigenvalue weighted by molar-refractivity contribution is 6.38. The highest BCUT2D eigenvalue weighted by atomic mass is 19.2. The van der Waals surface area contributed by atoms with Crippen LogP contribution in [0, 0.1) is 40.9 Å². The van der Waals surface area contributed by atoms with Crippen LogP contribution >= 0.6 is 0 Å². The molecule has 5 atom stereocenters. The van der Waals surface area contributed by atoms with Crippen LogP contribution in [0.25, 0.3) is 0 Å². The van der Waals surface area contributed by atoms with E-state index in [9.17, 15) is 55.5 Å². The van der Waals surface area contributed by atoms with Crippen molar-refractivity contribution in [2.75, 3.05) is 13.1 Å². The highest BCUT2D eigenvalue weighted by Gasteiger charge is 2.46. The van der Waals surface area contributed by atoms with Crippen LogP contribution in [0.2, 0.25) is 0 Å². The number of rotatable bonds is 16. The summed E-state index contributed by atoms with van der Waals surface area (Å²) >= 11 is 0. The van der Waals surface area contributed by atoms with E-state index in [4.69, 9.17) is 10.5 Å². The highest BCUT2D eigenvalue weighted by Crippen LogP contribution is 2.32. The second kappa shape index (κ2) is 20.2. The molecule has 1 aliphatic carbocycles. The predicted octanol–water partition coefficient (Wildman–Crippen LogP) is 3.40. The molecular weight excluding hydrogens is 799 g/mol. The van der Waals surface area contributed by atoms with Gasteiger partial charge in [-0.3, -0.25) is 33.6 Å². The summed E-state index contributed by atoms with van der Waals surface area (Å²) in [5, 5.41) is 9.33. The topological polar surface area (TPSA) is 206 Å². The Hall–Kier alpha value is -5.46. The van der Waals surface area contributed by atoms with Crippen molar-refractivity contribution in [2.45, 2.75) is 115 Å². The average molecular weight is 851 g/mol. The molecule has 60 heavy (non-hydrogen) atoms. The van der Waals surface area contributed by atoms with E-state index < -0.39 is 124 Å². The number of ketones is 1. The van der Waals surface area contributed by atoms with Crippen molar-refractivity contribution in [2.24, 2.45) is 17.6 Å². The van der Waals surface area contributed by atoms with Gasteiger partial charge in [0.25, 0.3) is 11.8 Å². The zero-order chi connectivity index (χ0) is 44.6. The summed E-state index contributed by atoms with van der Waals surface area (Å²) in [6.45, 7) is 7.65. The molecule has 2 fully saturated rings. The van der Waals surface area contributed by atoms with Gasteiger partial charge >= 0.3 is 0 Å². The van der Waals surface area contributed by atoms with Crippen molar-refractivity contribution in [3.05, 3.63) is 70.5 Å². The lowest BCUT2D eigenvalue weighted by Gasteiger charge is -2.35. The number of nitrogens with zero attached hydrogens (tertiary/aromatic N) is 1. The molecule has 1 heterocycles. The fourth-order valence-electron chi connectivity index (χ4n) is 7.47. The molecule has 0 bridgehead atoms. The Kier molecular flexibility index (Phi) is 15.9. The first-order valence-electron chi connectivity index (χ1n) is 19.7. The second-order valence-electron chi connectivity index (χ2n) is 16.4. The molecule has 6 amide bonds. The number of ether oxygens (including phenoxy) is 1. The number of nitrogens with two attached hydrogens (primary N) is 1. The molecule has 1 saturated carbocycles. The first-order valence-corrected chi connectivity index (χ1v) is 19.7. The third-order valence-electron chi connectivity index (χ3n) is 10.2. The molecule has 2 aromatic rings. The van der Waals surface area contributed by atoms with Crippen LogP contribution in [0.15, 0.2) is 30.3 Å². The molecule has 4 rings (SSSR count). The summed E-state index contributed by atoms with van der Waals surface area (Å²) in [5.41, 5.74) is 3.26. The monoisotopic (exact) mass is 850 g/mol. The van der Waals surface area contributed by atoms with Gasteiger partial charge in [0, 0.05) is 13.0 Å². The van der Waals surface area contributed by atoms with Crippen molar-refractivity contribution < 1.29 is 60.3 Å². The minimum Gasteiger partial charge on any atom is -0.371 e. The van der Waals surface area contributed by atoms with E-state index in [1.807, 2.05) is 0 Å². The van der Waals surface area contributed by atoms with Crippen molar-refractivity contribution >= 4 is 41.2 Å². The zero-order valence-electron chi connectivity index (χ0n) is 34.0. The van der Waals surface area contributed by atoms with Crippen LogP contribution in [0.3, 0.4) is 0 Å². The van der Waals surface area contributed by atoms with Crippen molar-refractivity contribution in [3.63, 3.8) is 0 Å². The van der Waals surface area contributed by atoms with Gasteiger partial charge in [0.05, 0.1) is 24.3 Å². The molecule has 328 valence electrons. The Morgan fingerprint density at radius 3 is 1.97 bits per heavy atom. The van der Waals surface area contributed by atoms with Gasteiger partial charge in [-0.25, -0.2) is 22.0 Å². The minimum absolute atomic E-state index is 0.0623. The fraction of sp³-hybridized carbons (Fsp3) is 0.537. The van der Waals surface area contributed by atoms with E-state index in [0.717, 1.165) is 11.3 Å². The second-order valence-corrected chi connectivity index (χ2v) is 16.4. The Balaban J connectivity index is 1.57. The quantitative estimate of drug-likeness (QED) is 0.0731. The third-order valence-corrected chi connectivity index (χ3v) is 10.2. The summed E-state index contributed by atoms with van der Waals surface area (Å²) in [6, 6.07) is 2.38. The number of Topliss-reactive ketones (excluding diaryl/α,β-unsaturated/α-hetero) is 1. The van der Waals surface area contributed by atoms with Crippen LogP contribution in [0.5, 0.6) is 0 Å². The van der Waals surface area contributed by atoms with E-state index in [0.29, 0.717) is 31.2 Å². The molecule has 19 heteroatoms. The molecule has 2 aromatic carbocycles. The zero-order valence-corrected chi connectivity index (χ0v) is 34.0. The minimum atomic E-state index is -2.47. The molecule has 6 N–H and O–H groups in total. The lowest BCUT2D eigenvalue weighted by molar-refractivity contribution is -0.143. The molecule has 1 unspecified atom stereocenters. The number of benzene rings is 2. The van der Waals surface area contributed by atoms with Crippen LogP contribution in [0.1, 0.15) is 102 Å². The summed E-state index contributed by atoms with van der Waals surface area (Å²) in [6.07, 6.45) is 1.65. The summed E-state index contributed by atoms with van der Waals surface area (Å²) in [5.74, 6) is -20.5. The van der Waals surface area contributed by atoms with Gasteiger partial charge in [0.15, 0.2) is 23.3 Å². The van der Waals surface area contributed by atoms with Crippen LogP contribution in [0.4, 0.5) is 22.0 Å². The first-order chi connectivity index (χ1) is 28.1. The van der Waals surface area contributed by atoms with Crippen molar-refractivity contribution in [1.29, 1.82) is 0 Å². The lowest BCUT2D eigenvalue weighted by atomic mass is 9.83. The van der Waals surface area contributed by atoms with Gasteiger partial charge in [-0.2, -0.15) is 0 Å². The van der Waals surface area contributed by atoms with E-state index in [1.54, 1.807) is 65.0 Å². The SMILES string of the molecule is CC(C)CC(NC(=O)[C@@H]1C[C@@H](OC(C)(C)C)CN1C(=O)[C@@H](NC(=O)c1c(F)c(F)c(F)c(F)c1F)C1CCCCC1)C(=O)C(=O)NCC(=O)N[C@H](C(N)=O)c1ccccc1. The number of primary amides is 1. The normalized spacial score (nSPS) is 18.6. The Bertz CT molecular complexity index is 1930. The summed E-state index contributed by atoms with van der Waals surface area (Å²) in [7, 11) is 0. The Morgan fingerprint density at radius 2 is 1.42 bits per heavy atom. The number of likely N-dealkylation sites (tertiary alicyclic amines) is 1. The maximum atomic E-state index is 14.7. The van der Waals surface area contributed by atoms with Gasteiger partial charge in [-0.15, -0.1) is 0 Å². The maximum Gasteiger partial charge on any atom is 0.290 e.